The number of nitrogens with one attached hydrogen (secondary N) is 3. The molecule has 0 aliphatic heterocycles. The Labute approximate surface area is 148 Å². The fourth-order valence-corrected chi connectivity index (χ4v) is 1.98. The Kier molecular flexibility index (Phi) is 10.5. The van der Waals surface area contributed by atoms with Crippen molar-refractivity contribution in [1.82, 2.24) is 21.2 Å². The number of carbonyl (C=O) groups is 3. The molecule has 146 valence electrons. The van der Waals surface area contributed by atoms with Gasteiger partial charge in [0, 0.05) is 13.1 Å². The molecule has 0 aromatic heterocycles. The molecule has 0 spiro atoms. The molecule has 0 bridgehead atoms. The Morgan fingerprint density at radius 3 is 2.32 bits per heavy atom. The lowest BCUT2D eigenvalue weighted by Crippen LogP contribution is -2.52. The highest BCUT2D eigenvalue weighted by atomic mass is 16.7. The van der Waals surface area contributed by atoms with E-state index in [2.05, 4.69) is 10.8 Å². The van der Waals surface area contributed by atoms with Crippen molar-refractivity contribution in [2.45, 2.75) is 59.1 Å². The van der Waals surface area contributed by atoms with Crippen molar-refractivity contribution in [3.8, 4) is 0 Å². The van der Waals surface area contributed by atoms with Gasteiger partial charge >= 0.3 is 12.1 Å². The summed E-state index contributed by atoms with van der Waals surface area (Å²) in [5.74, 6) is -0.510. The average Bonchev–Trinajstić information content (AvgIpc) is 2.52. The average molecular weight is 362 g/mol. The minimum absolute atomic E-state index is 0.0299. The topological polar surface area (TPSA) is 129 Å². The first-order valence-electron chi connectivity index (χ1n) is 8.25. The number of likely N-dealkylation sites (N-methyl/N-ethyl adjacent to an activating group) is 1. The summed E-state index contributed by atoms with van der Waals surface area (Å²) in [5, 5.41) is 11.2. The summed E-state index contributed by atoms with van der Waals surface area (Å²) >= 11 is 0. The Morgan fingerprint density at radius 1 is 1.20 bits per heavy atom. The van der Waals surface area contributed by atoms with E-state index in [4.69, 9.17) is 14.8 Å². The van der Waals surface area contributed by atoms with Crippen molar-refractivity contribution < 1.29 is 29.2 Å². The Balaban J connectivity index is 4.31. The van der Waals surface area contributed by atoms with E-state index < -0.39 is 29.7 Å². The van der Waals surface area contributed by atoms with Crippen LogP contribution in [0.25, 0.3) is 0 Å². The van der Waals surface area contributed by atoms with Crippen LogP contribution in [0.2, 0.25) is 0 Å². The Bertz CT molecular complexity index is 438. The lowest BCUT2D eigenvalue weighted by molar-refractivity contribution is -0.138. The zero-order valence-corrected chi connectivity index (χ0v) is 15.5. The van der Waals surface area contributed by atoms with Crippen LogP contribution < -0.4 is 16.3 Å². The van der Waals surface area contributed by atoms with Crippen molar-refractivity contribution in [3.05, 3.63) is 0 Å². The predicted molar refractivity (Wildman–Crippen MR) is 89.7 cm³/mol. The van der Waals surface area contributed by atoms with Gasteiger partial charge in [-0.05, 0) is 34.1 Å². The van der Waals surface area contributed by atoms with Crippen LogP contribution in [-0.4, -0.2) is 59.5 Å². The summed E-state index contributed by atoms with van der Waals surface area (Å²) < 4.78 is 5.05. The molecule has 4 amide bonds. The highest BCUT2D eigenvalue weighted by Crippen LogP contribution is 2.08. The largest absolute Gasteiger partial charge is 0.444 e. The van der Waals surface area contributed by atoms with E-state index in [-0.39, 0.29) is 19.7 Å². The van der Waals surface area contributed by atoms with Gasteiger partial charge in [-0.2, -0.15) is 0 Å². The fraction of sp³-hybridized carbons (Fsp3) is 0.800. The van der Waals surface area contributed by atoms with Crippen molar-refractivity contribution in [2.75, 3.05) is 19.7 Å². The van der Waals surface area contributed by atoms with Crippen LogP contribution in [-0.2, 0) is 14.4 Å². The molecule has 0 aliphatic rings. The molecule has 0 heterocycles. The van der Waals surface area contributed by atoms with Gasteiger partial charge in [-0.3, -0.25) is 14.8 Å². The van der Waals surface area contributed by atoms with Crippen molar-refractivity contribution in [3.63, 3.8) is 0 Å². The van der Waals surface area contributed by atoms with Gasteiger partial charge in [0.1, 0.15) is 11.6 Å². The number of alkyl carbamates (subject to hydrolysis) is 1. The van der Waals surface area contributed by atoms with Gasteiger partial charge < -0.3 is 15.0 Å². The third-order valence-corrected chi connectivity index (χ3v) is 2.98. The summed E-state index contributed by atoms with van der Waals surface area (Å²) in [5.41, 5.74) is 3.18. The number of hydrogen-bond acceptors (Lipinski definition) is 6. The molecular formula is C15H30N4O6. The number of hydroxylamine groups is 2. The summed E-state index contributed by atoms with van der Waals surface area (Å²) in [4.78, 5) is 41.4. The normalized spacial score (nSPS) is 12.1. The van der Waals surface area contributed by atoms with Gasteiger partial charge in [0.2, 0.25) is 0 Å². The van der Waals surface area contributed by atoms with Crippen LogP contribution in [0.15, 0.2) is 0 Å². The lowest BCUT2D eigenvalue weighted by Gasteiger charge is -2.28. The number of amides is 4. The molecule has 0 aliphatic carbocycles. The van der Waals surface area contributed by atoms with Crippen molar-refractivity contribution in [2.24, 2.45) is 0 Å². The fourth-order valence-electron chi connectivity index (χ4n) is 1.98. The lowest BCUT2D eigenvalue weighted by atomic mass is 10.1. The van der Waals surface area contributed by atoms with Crippen LogP contribution >= 0.6 is 0 Å². The van der Waals surface area contributed by atoms with E-state index >= 15 is 0 Å². The molecular weight excluding hydrogens is 332 g/mol. The van der Waals surface area contributed by atoms with Crippen LogP contribution in [0.4, 0.5) is 9.59 Å². The van der Waals surface area contributed by atoms with Gasteiger partial charge in [-0.25, -0.2) is 20.5 Å². The van der Waals surface area contributed by atoms with Gasteiger partial charge in [-0.15, -0.1) is 0 Å². The molecule has 10 heteroatoms. The minimum Gasteiger partial charge on any atom is -0.444 e. The van der Waals surface area contributed by atoms with Gasteiger partial charge in [0.05, 0.1) is 6.61 Å². The number of urea groups is 1. The Hall–Kier alpha value is -2.07. The molecule has 0 aromatic carbocycles. The molecule has 0 fully saturated rings. The molecule has 0 rings (SSSR count). The molecule has 4 N–H and O–H groups in total. The summed E-state index contributed by atoms with van der Waals surface area (Å²) in [7, 11) is 0. The van der Waals surface area contributed by atoms with E-state index in [9.17, 15) is 14.4 Å². The maximum Gasteiger partial charge on any atom is 0.407 e. The van der Waals surface area contributed by atoms with E-state index in [1.165, 1.54) is 10.4 Å². The third-order valence-electron chi connectivity index (χ3n) is 2.98. The number of carbonyl (C=O) groups excluding carboxylic acids is 3. The number of hydrogen-bond donors (Lipinski definition) is 4. The highest BCUT2D eigenvalue weighted by molar-refractivity contribution is 5.86. The summed E-state index contributed by atoms with van der Waals surface area (Å²) in [6, 6.07) is -1.54. The number of rotatable bonds is 9. The first-order valence-corrected chi connectivity index (χ1v) is 8.25. The quantitative estimate of drug-likeness (QED) is 0.277. The monoisotopic (exact) mass is 362 g/mol. The van der Waals surface area contributed by atoms with Gasteiger partial charge in [0.15, 0.2) is 0 Å². The second kappa shape index (κ2) is 11.5. The molecule has 0 radical (unpaired) electrons. The maximum absolute atomic E-state index is 12.2. The van der Waals surface area contributed by atoms with Crippen molar-refractivity contribution in [1.29, 1.82) is 0 Å². The first-order chi connectivity index (χ1) is 11.7. The Morgan fingerprint density at radius 2 is 1.84 bits per heavy atom. The van der Waals surface area contributed by atoms with Crippen molar-refractivity contribution >= 4 is 18.0 Å². The van der Waals surface area contributed by atoms with E-state index in [1.807, 2.05) is 6.92 Å². The maximum atomic E-state index is 12.2. The smallest absolute Gasteiger partial charge is 0.407 e. The zero-order chi connectivity index (χ0) is 19.5. The zero-order valence-electron chi connectivity index (χ0n) is 15.5. The summed E-state index contributed by atoms with van der Waals surface area (Å²) in [6.07, 6.45) is 0.489. The van der Waals surface area contributed by atoms with E-state index in [0.29, 0.717) is 12.8 Å². The predicted octanol–water partition coefficient (Wildman–Crippen LogP) is 1.15. The highest BCUT2D eigenvalue weighted by Gasteiger charge is 2.28. The minimum atomic E-state index is -0.777. The van der Waals surface area contributed by atoms with Crippen LogP contribution in [0, 0.1) is 0 Å². The summed E-state index contributed by atoms with van der Waals surface area (Å²) in [6.45, 7) is 9.22. The molecule has 25 heavy (non-hydrogen) atoms. The molecule has 1 atom stereocenters. The second-order valence-electron chi connectivity index (χ2n) is 6.25. The van der Waals surface area contributed by atoms with E-state index in [1.54, 1.807) is 27.7 Å². The molecule has 0 saturated heterocycles. The molecule has 10 nitrogen and oxygen atoms in total. The van der Waals surface area contributed by atoms with Gasteiger partial charge in [-0.1, -0.05) is 13.3 Å². The second-order valence-corrected chi connectivity index (χ2v) is 6.25. The van der Waals surface area contributed by atoms with Gasteiger partial charge in [0.25, 0.3) is 5.91 Å². The SMILES string of the molecule is CCC[C@@H](C(=O)NOCCNC(=O)OC(C)(C)C)N(CC)C(=O)NO. The third kappa shape index (κ3) is 9.72. The molecule has 0 saturated carbocycles. The van der Waals surface area contributed by atoms with Crippen LogP contribution in [0.1, 0.15) is 47.5 Å². The van der Waals surface area contributed by atoms with E-state index in [0.717, 1.165) is 0 Å². The number of nitrogens with zero attached hydrogens (tertiary/aromatic N) is 1. The van der Waals surface area contributed by atoms with Crippen LogP contribution in [0.3, 0.4) is 0 Å². The molecule has 0 aromatic rings. The standard InChI is InChI=1S/C15H30N4O6/c1-6-8-11(19(7-2)13(21)17-23)12(20)18-24-10-9-16-14(22)25-15(3,4)5/h11,23H,6-10H2,1-5H3,(H,16,22)(H,17,21)(H,18,20)/t11-/m0/s1. The first kappa shape index (κ1) is 22.9. The molecule has 0 unspecified atom stereocenters. The number of ether oxygens (including phenoxy) is 1. The van der Waals surface area contributed by atoms with Crippen LogP contribution in [0.5, 0.6) is 0 Å².